The van der Waals surface area contributed by atoms with Gasteiger partial charge in [0.2, 0.25) is 11.8 Å². The highest BCUT2D eigenvalue weighted by Gasteiger charge is 2.13. The van der Waals surface area contributed by atoms with E-state index in [0.717, 1.165) is 20.3 Å². The summed E-state index contributed by atoms with van der Waals surface area (Å²) in [6.45, 7) is 5.83. The number of hydrogen-bond donors (Lipinski definition) is 2. The average Bonchev–Trinajstić information content (AvgIpc) is 3.02. The van der Waals surface area contributed by atoms with Crippen LogP contribution in [-0.2, 0) is 16.1 Å². The number of amides is 2. The molecule has 112 valence electrons. The largest absolute Gasteiger partial charge is 0.351 e. The number of carbonyl (C=O) groups is 2. The molecular formula is C14H17N3O2S2. The Labute approximate surface area is 131 Å². The van der Waals surface area contributed by atoms with Gasteiger partial charge in [-0.05, 0) is 19.1 Å². The fourth-order valence-electron chi connectivity index (χ4n) is 1.70. The Morgan fingerprint density at radius 2 is 2.05 bits per heavy atom. The highest BCUT2D eigenvalue weighted by atomic mass is 32.1. The molecule has 0 radical (unpaired) electrons. The van der Waals surface area contributed by atoms with Crippen molar-refractivity contribution in [2.75, 3.05) is 5.32 Å². The van der Waals surface area contributed by atoms with E-state index in [1.165, 1.54) is 18.3 Å². The molecule has 0 spiro atoms. The maximum Gasteiger partial charge on any atom is 0.225 e. The van der Waals surface area contributed by atoms with Crippen molar-refractivity contribution in [3.63, 3.8) is 0 Å². The number of hydrogen-bond acceptors (Lipinski definition) is 5. The van der Waals surface area contributed by atoms with Crippen LogP contribution in [0.1, 0.15) is 30.0 Å². The van der Waals surface area contributed by atoms with E-state index in [4.69, 9.17) is 0 Å². The van der Waals surface area contributed by atoms with Gasteiger partial charge in [-0.3, -0.25) is 9.59 Å². The smallest absolute Gasteiger partial charge is 0.225 e. The maximum absolute atomic E-state index is 11.4. The number of aryl methyl sites for hydroxylation is 1. The molecule has 2 aromatic heterocycles. The van der Waals surface area contributed by atoms with E-state index < -0.39 is 0 Å². The minimum Gasteiger partial charge on any atom is -0.351 e. The Hall–Kier alpha value is -1.73. The van der Waals surface area contributed by atoms with E-state index >= 15 is 0 Å². The van der Waals surface area contributed by atoms with Crippen LogP contribution in [-0.4, -0.2) is 16.8 Å². The van der Waals surface area contributed by atoms with E-state index in [1.807, 2.05) is 26.0 Å². The van der Waals surface area contributed by atoms with Gasteiger partial charge in [-0.1, -0.05) is 6.92 Å². The van der Waals surface area contributed by atoms with Crippen LogP contribution in [0.5, 0.6) is 0 Å². The zero-order valence-electron chi connectivity index (χ0n) is 12.1. The molecule has 0 unspecified atom stereocenters. The molecule has 0 aromatic carbocycles. The van der Waals surface area contributed by atoms with E-state index in [0.29, 0.717) is 18.1 Å². The van der Waals surface area contributed by atoms with Crippen molar-refractivity contribution in [2.24, 2.45) is 0 Å². The molecule has 0 saturated heterocycles. The summed E-state index contributed by atoms with van der Waals surface area (Å²) >= 11 is 3.07. The Morgan fingerprint density at radius 3 is 2.71 bits per heavy atom. The first-order valence-corrected chi connectivity index (χ1v) is 8.23. The Bertz CT molecular complexity index is 661. The Balaban J connectivity index is 2.14. The van der Waals surface area contributed by atoms with Gasteiger partial charge in [0.1, 0.15) is 0 Å². The number of anilines is 1. The first-order valence-electron chi connectivity index (χ1n) is 6.60. The van der Waals surface area contributed by atoms with Crippen LogP contribution in [0.3, 0.4) is 0 Å². The van der Waals surface area contributed by atoms with Gasteiger partial charge in [0.15, 0.2) is 5.13 Å². The molecule has 0 aliphatic carbocycles. The van der Waals surface area contributed by atoms with Crippen LogP contribution in [0.25, 0.3) is 10.6 Å². The van der Waals surface area contributed by atoms with E-state index in [2.05, 4.69) is 15.6 Å². The first kappa shape index (κ1) is 15.7. The van der Waals surface area contributed by atoms with Gasteiger partial charge < -0.3 is 10.6 Å². The quantitative estimate of drug-likeness (QED) is 0.888. The summed E-state index contributed by atoms with van der Waals surface area (Å²) < 4.78 is 0. The summed E-state index contributed by atoms with van der Waals surface area (Å²) in [6, 6.07) is 3.98. The van der Waals surface area contributed by atoms with Crippen LogP contribution >= 0.6 is 22.7 Å². The highest BCUT2D eigenvalue weighted by molar-refractivity contribution is 7.18. The van der Waals surface area contributed by atoms with Gasteiger partial charge in [0.05, 0.1) is 17.1 Å². The van der Waals surface area contributed by atoms with Crippen LogP contribution in [0.2, 0.25) is 0 Å². The average molecular weight is 323 g/mol. The molecule has 5 nitrogen and oxygen atoms in total. The molecule has 2 aromatic rings. The number of carbonyl (C=O) groups excluding carboxylic acids is 2. The van der Waals surface area contributed by atoms with Gasteiger partial charge in [-0.25, -0.2) is 4.98 Å². The molecule has 2 heterocycles. The van der Waals surface area contributed by atoms with E-state index in [1.54, 1.807) is 11.3 Å². The lowest BCUT2D eigenvalue weighted by atomic mass is 10.3. The van der Waals surface area contributed by atoms with Crippen molar-refractivity contribution >= 4 is 39.6 Å². The second-order valence-electron chi connectivity index (χ2n) is 4.50. The monoisotopic (exact) mass is 323 g/mol. The van der Waals surface area contributed by atoms with Gasteiger partial charge >= 0.3 is 0 Å². The molecule has 2 N–H and O–H groups in total. The number of aromatic nitrogens is 1. The molecule has 2 rings (SSSR count). The minimum absolute atomic E-state index is 0.0344. The van der Waals surface area contributed by atoms with Crippen LogP contribution in [0.15, 0.2) is 12.1 Å². The van der Waals surface area contributed by atoms with Crippen LogP contribution in [0.4, 0.5) is 5.13 Å². The predicted molar refractivity (Wildman–Crippen MR) is 86.6 cm³/mol. The third kappa shape index (κ3) is 4.12. The van der Waals surface area contributed by atoms with Crippen molar-refractivity contribution in [2.45, 2.75) is 33.7 Å². The van der Waals surface area contributed by atoms with Gasteiger partial charge in [0.25, 0.3) is 0 Å². The molecule has 0 aliphatic rings. The third-order valence-electron chi connectivity index (χ3n) is 2.77. The lowest BCUT2D eigenvalue weighted by Gasteiger charge is -1.97. The minimum atomic E-state index is -0.0423. The zero-order valence-corrected chi connectivity index (χ0v) is 13.8. The van der Waals surface area contributed by atoms with E-state index in [-0.39, 0.29) is 11.8 Å². The SMILES string of the molecule is CCC(=O)Nc1nc(-c2ccc(CNC(C)=O)s2)c(C)s1. The number of thiazole rings is 1. The number of thiophene rings is 1. The highest BCUT2D eigenvalue weighted by Crippen LogP contribution is 2.34. The summed E-state index contributed by atoms with van der Waals surface area (Å²) in [4.78, 5) is 30.0. The van der Waals surface area contributed by atoms with Crippen molar-refractivity contribution in [1.82, 2.24) is 10.3 Å². The molecule has 0 aliphatic heterocycles. The normalized spacial score (nSPS) is 10.4. The first-order chi connectivity index (χ1) is 9.99. The zero-order chi connectivity index (χ0) is 15.4. The summed E-state index contributed by atoms with van der Waals surface area (Å²) in [5.41, 5.74) is 0.894. The topological polar surface area (TPSA) is 71.1 Å². The number of nitrogens with zero attached hydrogens (tertiary/aromatic N) is 1. The fourth-order valence-corrected chi connectivity index (χ4v) is 3.60. The second kappa shape index (κ2) is 6.82. The third-order valence-corrected chi connectivity index (χ3v) is 4.75. The predicted octanol–water partition coefficient (Wildman–Crippen LogP) is 3.16. The molecule has 0 bridgehead atoms. The van der Waals surface area contributed by atoms with Gasteiger partial charge in [-0.15, -0.1) is 22.7 Å². The maximum atomic E-state index is 11.4. The van der Waals surface area contributed by atoms with Gasteiger partial charge in [0, 0.05) is 23.1 Å². The van der Waals surface area contributed by atoms with Crippen molar-refractivity contribution in [3.8, 4) is 10.6 Å². The summed E-state index contributed by atoms with van der Waals surface area (Å²) in [7, 11) is 0. The van der Waals surface area contributed by atoms with Crippen molar-refractivity contribution < 1.29 is 9.59 Å². The van der Waals surface area contributed by atoms with Crippen LogP contribution < -0.4 is 10.6 Å². The lowest BCUT2D eigenvalue weighted by Crippen LogP contribution is -2.17. The lowest BCUT2D eigenvalue weighted by molar-refractivity contribution is -0.119. The number of rotatable bonds is 5. The summed E-state index contributed by atoms with van der Waals surface area (Å²) in [5, 5.41) is 6.19. The number of nitrogens with one attached hydrogen (secondary N) is 2. The molecule has 0 fully saturated rings. The fraction of sp³-hybridized carbons (Fsp3) is 0.357. The standard InChI is InChI=1S/C14H17N3O2S2/c1-4-12(19)16-14-17-13(8(2)20-14)11-6-5-10(21-11)7-15-9(3)18/h5-6H,4,7H2,1-3H3,(H,15,18)(H,16,17,19). The Kier molecular flexibility index (Phi) is 5.08. The Morgan fingerprint density at radius 1 is 1.29 bits per heavy atom. The molecular weight excluding hydrogens is 306 g/mol. The molecule has 21 heavy (non-hydrogen) atoms. The summed E-state index contributed by atoms with van der Waals surface area (Å²) in [6.07, 6.45) is 0.438. The van der Waals surface area contributed by atoms with E-state index in [9.17, 15) is 9.59 Å². The molecule has 0 saturated carbocycles. The summed E-state index contributed by atoms with van der Waals surface area (Å²) in [5.74, 6) is -0.0767. The van der Waals surface area contributed by atoms with Crippen molar-refractivity contribution in [1.29, 1.82) is 0 Å². The van der Waals surface area contributed by atoms with Gasteiger partial charge in [-0.2, -0.15) is 0 Å². The van der Waals surface area contributed by atoms with Crippen molar-refractivity contribution in [3.05, 3.63) is 21.9 Å². The second-order valence-corrected chi connectivity index (χ2v) is 6.87. The van der Waals surface area contributed by atoms with Crippen LogP contribution in [0, 0.1) is 6.92 Å². The molecule has 2 amide bonds. The molecule has 7 heteroatoms. The molecule has 0 atom stereocenters.